The van der Waals surface area contributed by atoms with Crippen molar-refractivity contribution in [3.63, 3.8) is 0 Å². The van der Waals surface area contributed by atoms with Gasteiger partial charge >= 0.3 is 6.18 Å². The molecule has 0 N–H and O–H groups in total. The molecule has 0 spiro atoms. The standard InChI is InChI=1S/C12H8BrF3N2O/c13-10-5-9(12(14,15)16)7-18(11(10)19)6-8-1-3-17-4-2-8/h1-5,7H,6H2. The summed E-state index contributed by atoms with van der Waals surface area (Å²) < 4.78 is 38.9. The maximum atomic E-state index is 12.7. The summed E-state index contributed by atoms with van der Waals surface area (Å²) in [6.07, 6.45) is -0.643. The highest BCUT2D eigenvalue weighted by Gasteiger charge is 2.31. The highest BCUT2D eigenvalue weighted by molar-refractivity contribution is 9.10. The molecule has 0 fully saturated rings. The van der Waals surface area contributed by atoms with Gasteiger partial charge in [-0.05, 0) is 39.7 Å². The Morgan fingerprint density at radius 1 is 1.26 bits per heavy atom. The van der Waals surface area contributed by atoms with E-state index in [9.17, 15) is 18.0 Å². The molecule has 0 atom stereocenters. The maximum Gasteiger partial charge on any atom is 0.417 e. The summed E-state index contributed by atoms with van der Waals surface area (Å²) in [5, 5.41) is 0. The molecule has 19 heavy (non-hydrogen) atoms. The minimum atomic E-state index is -4.49. The summed E-state index contributed by atoms with van der Waals surface area (Å²) >= 11 is 2.86. The summed E-state index contributed by atoms with van der Waals surface area (Å²) in [7, 11) is 0. The minimum Gasteiger partial charge on any atom is -0.310 e. The van der Waals surface area contributed by atoms with Crippen LogP contribution >= 0.6 is 15.9 Å². The van der Waals surface area contributed by atoms with Gasteiger partial charge < -0.3 is 4.57 Å². The Hall–Kier alpha value is -1.63. The van der Waals surface area contributed by atoms with Gasteiger partial charge in [0.25, 0.3) is 5.56 Å². The third kappa shape index (κ3) is 3.23. The summed E-state index contributed by atoms with van der Waals surface area (Å²) in [6.45, 7) is 0.0594. The van der Waals surface area contributed by atoms with E-state index in [1.165, 1.54) is 12.4 Å². The fourth-order valence-electron chi connectivity index (χ4n) is 1.56. The molecule has 2 rings (SSSR count). The van der Waals surface area contributed by atoms with Crippen molar-refractivity contribution >= 4 is 15.9 Å². The van der Waals surface area contributed by atoms with Gasteiger partial charge in [-0.25, -0.2) is 0 Å². The van der Waals surface area contributed by atoms with Gasteiger partial charge in [0.05, 0.1) is 16.6 Å². The topological polar surface area (TPSA) is 34.9 Å². The van der Waals surface area contributed by atoms with Crippen molar-refractivity contribution in [2.45, 2.75) is 12.7 Å². The van der Waals surface area contributed by atoms with E-state index in [0.29, 0.717) is 5.56 Å². The summed E-state index contributed by atoms with van der Waals surface area (Å²) in [5.74, 6) is 0. The lowest BCUT2D eigenvalue weighted by atomic mass is 10.2. The van der Waals surface area contributed by atoms with E-state index in [2.05, 4.69) is 20.9 Å². The molecular formula is C12H8BrF3N2O. The Bertz CT molecular complexity index is 638. The Labute approximate surface area is 114 Å². The number of hydrogen-bond acceptors (Lipinski definition) is 2. The monoisotopic (exact) mass is 332 g/mol. The number of nitrogens with zero attached hydrogens (tertiary/aromatic N) is 2. The molecule has 0 unspecified atom stereocenters. The van der Waals surface area contributed by atoms with Crippen molar-refractivity contribution in [3.05, 3.63) is 62.7 Å². The predicted octanol–water partition coefficient (Wildman–Crippen LogP) is 3.07. The zero-order valence-corrected chi connectivity index (χ0v) is 11.1. The molecular weight excluding hydrogens is 325 g/mol. The first-order valence-electron chi connectivity index (χ1n) is 5.24. The van der Waals surface area contributed by atoms with Crippen LogP contribution in [0, 0.1) is 0 Å². The van der Waals surface area contributed by atoms with E-state index in [-0.39, 0.29) is 11.0 Å². The smallest absolute Gasteiger partial charge is 0.310 e. The molecule has 0 radical (unpaired) electrons. The van der Waals surface area contributed by atoms with Crippen LogP contribution in [0.4, 0.5) is 13.2 Å². The van der Waals surface area contributed by atoms with Crippen LogP contribution in [0.25, 0.3) is 0 Å². The Morgan fingerprint density at radius 3 is 2.47 bits per heavy atom. The average Bonchev–Trinajstić information content (AvgIpc) is 2.34. The first-order chi connectivity index (χ1) is 8.88. The van der Waals surface area contributed by atoms with Gasteiger partial charge in [0, 0.05) is 18.6 Å². The zero-order valence-electron chi connectivity index (χ0n) is 9.49. The Balaban J connectivity index is 2.46. The second-order valence-electron chi connectivity index (χ2n) is 3.86. The van der Waals surface area contributed by atoms with Crippen molar-refractivity contribution in [3.8, 4) is 0 Å². The molecule has 0 aromatic carbocycles. The van der Waals surface area contributed by atoms with Crippen molar-refractivity contribution in [2.75, 3.05) is 0 Å². The SMILES string of the molecule is O=c1c(Br)cc(C(F)(F)F)cn1Cc1ccncc1. The molecule has 2 aromatic heterocycles. The van der Waals surface area contributed by atoms with Crippen LogP contribution < -0.4 is 5.56 Å². The van der Waals surface area contributed by atoms with Gasteiger partial charge in [0.2, 0.25) is 0 Å². The lowest BCUT2D eigenvalue weighted by Crippen LogP contribution is -2.23. The van der Waals surface area contributed by atoms with Gasteiger partial charge in [-0.3, -0.25) is 9.78 Å². The first-order valence-corrected chi connectivity index (χ1v) is 6.03. The normalized spacial score (nSPS) is 11.6. The number of halogens is 4. The fraction of sp³-hybridized carbons (Fsp3) is 0.167. The number of hydrogen-bond donors (Lipinski definition) is 0. The summed E-state index contributed by atoms with van der Waals surface area (Å²) in [4.78, 5) is 15.6. The number of pyridine rings is 2. The van der Waals surface area contributed by atoms with Crippen molar-refractivity contribution in [1.82, 2.24) is 9.55 Å². The van der Waals surface area contributed by atoms with E-state index in [0.717, 1.165) is 16.8 Å². The van der Waals surface area contributed by atoms with Crippen molar-refractivity contribution in [1.29, 1.82) is 0 Å². The van der Waals surface area contributed by atoms with Crippen molar-refractivity contribution in [2.24, 2.45) is 0 Å². The second kappa shape index (κ2) is 5.16. The van der Waals surface area contributed by atoms with Crippen LogP contribution in [0.15, 0.2) is 46.1 Å². The van der Waals surface area contributed by atoms with Crippen LogP contribution in [0.5, 0.6) is 0 Å². The van der Waals surface area contributed by atoms with Gasteiger partial charge in [-0.2, -0.15) is 13.2 Å². The van der Waals surface area contributed by atoms with E-state index >= 15 is 0 Å². The number of rotatable bonds is 2. The van der Waals surface area contributed by atoms with Crippen LogP contribution in [0.1, 0.15) is 11.1 Å². The first kappa shape index (κ1) is 13.8. The molecule has 0 saturated heterocycles. The molecule has 0 aliphatic carbocycles. The molecule has 0 amide bonds. The Kier molecular flexibility index (Phi) is 3.75. The molecule has 2 heterocycles. The molecule has 2 aromatic rings. The van der Waals surface area contributed by atoms with Crippen LogP contribution in [-0.4, -0.2) is 9.55 Å². The quantitative estimate of drug-likeness (QED) is 0.847. The van der Waals surface area contributed by atoms with Gasteiger partial charge in [0.15, 0.2) is 0 Å². The van der Waals surface area contributed by atoms with Gasteiger partial charge in [0.1, 0.15) is 0 Å². The number of aromatic nitrogens is 2. The van der Waals surface area contributed by atoms with Crippen LogP contribution in [0.3, 0.4) is 0 Å². The third-order valence-corrected chi connectivity index (χ3v) is 3.04. The predicted molar refractivity (Wildman–Crippen MR) is 66.7 cm³/mol. The minimum absolute atomic E-state index is 0.0594. The lowest BCUT2D eigenvalue weighted by molar-refractivity contribution is -0.138. The summed E-state index contributed by atoms with van der Waals surface area (Å²) in [5.41, 5.74) is -0.679. The summed E-state index contributed by atoms with van der Waals surface area (Å²) in [6, 6.07) is 4.06. The maximum absolute atomic E-state index is 12.7. The molecule has 0 bridgehead atoms. The molecule has 3 nitrogen and oxygen atoms in total. The van der Waals surface area contributed by atoms with Crippen LogP contribution in [0.2, 0.25) is 0 Å². The highest BCUT2D eigenvalue weighted by atomic mass is 79.9. The van der Waals surface area contributed by atoms with Gasteiger partial charge in [-0.15, -0.1) is 0 Å². The molecule has 0 saturated carbocycles. The van der Waals surface area contributed by atoms with Gasteiger partial charge in [-0.1, -0.05) is 0 Å². The molecule has 100 valence electrons. The van der Waals surface area contributed by atoms with Crippen LogP contribution in [-0.2, 0) is 12.7 Å². The average molecular weight is 333 g/mol. The third-order valence-electron chi connectivity index (χ3n) is 2.47. The van der Waals surface area contributed by atoms with E-state index in [1.54, 1.807) is 12.1 Å². The number of alkyl halides is 3. The van der Waals surface area contributed by atoms with E-state index in [4.69, 9.17) is 0 Å². The second-order valence-corrected chi connectivity index (χ2v) is 4.72. The van der Waals surface area contributed by atoms with E-state index in [1.807, 2.05) is 0 Å². The molecule has 7 heteroatoms. The molecule has 0 aliphatic rings. The largest absolute Gasteiger partial charge is 0.417 e. The van der Waals surface area contributed by atoms with Crippen molar-refractivity contribution < 1.29 is 13.2 Å². The Morgan fingerprint density at radius 2 is 1.89 bits per heavy atom. The lowest BCUT2D eigenvalue weighted by Gasteiger charge is -2.11. The highest BCUT2D eigenvalue weighted by Crippen LogP contribution is 2.29. The van der Waals surface area contributed by atoms with E-state index < -0.39 is 17.3 Å². The fourth-order valence-corrected chi connectivity index (χ4v) is 2.03. The zero-order chi connectivity index (χ0) is 14.0. The molecule has 0 aliphatic heterocycles.